The molecule has 6 aromatic rings. The molecule has 0 aliphatic rings. The van der Waals surface area contributed by atoms with Gasteiger partial charge in [0.15, 0.2) is 0 Å². The molecular weight excluding hydrogens is 434 g/mol. The maximum Gasteiger partial charge on any atom is 0.143 e. The third-order valence-electron chi connectivity index (χ3n) is 5.91. The van der Waals surface area contributed by atoms with Crippen molar-refractivity contribution in [3.63, 3.8) is 0 Å². The second-order valence-electron chi connectivity index (χ2n) is 8.02. The van der Waals surface area contributed by atoms with Gasteiger partial charge in [0, 0.05) is 38.5 Å². The van der Waals surface area contributed by atoms with Crippen molar-refractivity contribution in [2.24, 2.45) is 0 Å². The van der Waals surface area contributed by atoms with E-state index in [4.69, 9.17) is 14.2 Å². The third-order valence-corrected chi connectivity index (χ3v) is 6.96. The van der Waals surface area contributed by atoms with Gasteiger partial charge in [-0.2, -0.15) is 0 Å². The van der Waals surface area contributed by atoms with Gasteiger partial charge in [0.1, 0.15) is 28.0 Å². The first-order chi connectivity index (χ1) is 16.0. The van der Waals surface area contributed by atoms with Gasteiger partial charge in [0.25, 0.3) is 0 Å². The number of methoxy groups -OCH3 is 1. The summed E-state index contributed by atoms with van der Waals surface area (Å²) in [6.45, 7) is 5.76. The monoisotopic (exact) mass is 455 g/mol. The highest BCUT2D eigenvalue weighted by Crippen LogP contribution is 2.43. The Kier molecular flexibility index (Phi) is 4.45. The van der Waals surface area contributed by atoms with Gasteiger partial charge in [-0.3, -0.25) is 0 Å². The summed E-state index contributed by atoms with van der Waals surface area (Å²) in [7, 11) is 1.68. The molecular formula is C25H21N5O2S. The van der Waals surface area contributed by atoms with Crippen LogP contribution in [0.1, 0.15) is 17.3 Å². The summed E-state index contributed by atoms with van der Waals surface area (Å²) in [5.41, 5.74) is 5.57. The Morgan fingerprint density at radius 2 is 1.85 bits per heavy atom. The summed E-state index contributed by atoms with van der Waals surface area (Å²) < 4.78 is 11.2. The van der Waals surface area contributed by atoms with Crippen molar-refractivity contribution >= 4 is 44.6 Å². The van der Waals surface area contributed by atoms with Gasteiger partial charge in [0.05, 0.1) is 23.8 Å². The second-order valence-corrected chi connectivity index (χ2v) is 9.05. The summed E-state index contributed by atoms with van der Waals surface area (Å²) in [6, 6.07) is 12.4. The molecule has 8 heteroatoms. The van der Waals surface area contributed by atoms with Crippen molar-refractivity contribution in [3.05, 3.63) is 59.9 Å². The molecule has 0 aliphatic carbocycles. The van der Waals surface area contributed by atoms with Gasteiger partial charge in [-0.25, -0.2) is 9.97 Å². The molecule has 4 heterocycles. The zero-order chi connectivity index (χ0) is 22.7. The Bertz CT molecular complexity index is 1660. The van der Waals surface area contributed by atoms with E-state index in [1.165, 1.54) is 5.39 Å². The van der Waals surface area contributed by atoms with E-state index in [-0.39, 0.29) is 0 Å². The number of hydrogen-bond donors (Lipinski definition) is 2. The fourth-order valence-electron chi connectivity index (χ4n) is 4.44. The molecule has 4 aromatic heterocycles. The number of hydrogen-bond acceptors (Lipinski definition) is 6. The van der Waals surface area contributed by atoms with Gasteiger partial charge in [0.2, 0.25) is 0 Å². The smallest absolute Gasteiger partial charge is 0.143 e. The fourth-order valence-corrected chi connectivity index (χ4v) is 5.54. The Balaban J connectivity index is 1.59. The molecule has 0 fully saturated rings. The van der Waals surface area contributed by atoms with E-state index < -0.39 is 0 Å². The Hall–Kier alpha value is -3.78. The largest absolute Gasteiger partial charge is 0.496 e. The maximum atomic E-state index is 5.80. The van der Waals surface area contributed by atoms with Crippen LogP contribution >= 0.6 is 11.8 Å². The van der Waals surface area contributed by atoms with E-state index in [9.17, 15) is 0 Å². The first-order valence-electron chi connectivity index (χ1n) is 10.6. The number of fused-ring (bicyclic) bond motifs is 4. The van der Waals surface area contributed by atoms with Crippen molar-refractivity contribution in [1.29, 1.82) is 0 Å². The van der Waals surface area contributed by atoms with E-state index in [0.717, 1.165) is 65.7 Å². The topological polar surface area (TPSA) is 92.6 Å². The lowest BCUT2D eigenvalue weighted by Crippen LogP contribution is -1.92. The van der Waals surface area contributed by atoms with E-state index in [1.807, 2.05) is 45.2 Å². The average Bonchev–Trinajstić information content (AvgIpc) is 3.47. The predicted octanol–water partition coefficient (Wildman–Crippen LogP) is 6.33. The van der Waals surface area contributed by atoms with Crippen LogP contribution in [-0.4, -0.2) is 32.2 Å². The van der Waals surface area contributed by atoms with E-state index >= 15 is 0 Å². The fraction of sp³-hybridized carbons (Fsp3) is 0.160. The van der Waals surface area contributed by atoms with E-state index in [1.54, 1.807) is 18.9 Å². The van der Waals surface area contributed by atoms with E-state index in [2.05, 4.69) is 38.3 Å². The number of benzene rings is 2. The molecule has 0 unspecified atom stereocenters. The highest BCUT2D eigenvalue weighted by molar-refractivity contribution is 7.99. The van der Waals surface area contributed by atoms with Crippen LogP contribution in [0.4, 0.5) is 0 Å². The minimum atomic E-state index is 0.717. The normalized spacial score (nSPS) is 11.8. The molecule has 33 heavy (non-hydrogen) atoms. The van der Waals surface area contributed by atoms with E-state index in [0.29, 0.717) is 5.82 Å². The number of nitrogens with zero attached hydrogens (tertiary/aromatic N) is 3. The lowest BCUT2D eigenvalue weighted by molar-refractivity contribution is 0.393. The SMILES string of the molecule is COc1cc2c(cc1-c1c(C)noc1C)[nH]c1nc(C)nc(Sc3c[nH]c4ccccc34)c12. The van der Waals surface area contributed by atoms with Crippen LogP contribution in [0.2, 0.25) is 0 Å². The number of rotatable bonds is 4. The maximum absolute atomic E-state index is 5.80. The van der Waals surface area contributed by atoms with Crippen molar-refractivity contribution in [2.45, 2.75) is 30.7 Å². The van der Waals surface area contributed by atoms with Crippen LogP contribution in [0.3, 0.4) is 0 Å². The molecule has 7 nitrogen and oxygen atoms in total. The summed E-state index contributed by atoms with van der Waals surface area (Å²) in [5.74, 6) is 2.23. The summed E-state index contributed by atoms with van der Waals surface area (Å²) in [6.07, 6.45) is 2.03. The van der Waals surface area contributed by atoms with Crippen LogP contribution in [-0.2, 0) is 0 Å². The minimum Gasteiger partial charge on any atom is -0.496 e. The average molecular weight is 456 g/mol. The zero-order valence-corrected chi connectivity index (χ0v) is 19.4. The summed E-state index contributed by atoms with van der Waals surface area (Å²) in [4.78, 5) is 17.5. The molecule has 0 saturated heterocycles. The molecule has 0 amide bonds. The van der Waals surface area contributed by atoms with Gasteiger partial charge in [-0.05, 0) is 39.0 Å². The second kappa shape index (κ2) is 7.38. The van der Waals surface area contributed by atoms with Crippen LogP contribution in [0, 0.1) is 20.8 Å². The van der Waals surface area contributed by atoms with Gasteiger partial charge in [-0.1, -0.05) is 35.1 Å². The van der Waals surface area contributed by atoms with Gasteiger partial charge < -0.3 is 19.2 Å². The third kappa shape index (κ3) is 3.09. The molecule has 0 spiro atoms. The minimum absolute atomic E-state index is 0.717. The zero-order valence-electron chi connectivity index (χ0n) is 18.6. The summed E-state index contributed by atoms with van der Waals surface area (Å²) in [5, 5.41) is 8.18. The Labute approximate surface area is 193 Å². The molecule has 2 N–H and O–H groups in total. The quantitative estimate of drug-likeness (QED) is 0.302. The number of H-pyrrole nitrogens is 2. The van der Waals surface area contributed by atoms with Crippen LogP contribution in [0.5, 0.6) is 5.75 Å². The molecule has 0 bridgehead atoms. The summed E-state index contributed by atoms with van der Waals surface area (Å²) >= 11 is 1.64. The molecule has 0 radical (unpaired) electrons. The molecule has 0 aliphatic heterocycles. The number of nitrogens with one attached hydrogen (secondary N) is 2. The van der Waals surface area contributed by atoms with Gasteiger partial charge in [-0.15, -0.1) is 0 Å². The molecule has 0 atom stereocenters. The van der Waals surface area contributed by atoms with Crippen molar-refractivity contribution < 1.29 is 9.26 Å². The van der Waals surface area contributed by atoms with Crippen LogP contribution in [0.25, 0.3) is 44.0 Å². The number of aryl methyl sites for hydroxylation is 3. The van der Waals surface area contributed by atoms with Crippen LogP contribution < -0.4 is 4.74 Å². The van der Waals surface area contributed by atoms with Crippen molar-refractivity contribution in [1.82, 2.24) is 25.1 Å². The highest BCUT2D eigenvalue weighted by Gasteiger charge is 2.21. The van der Waals surface area contributed by atoms with Gasteiger partial charge >= 0.3 is 0 Å². The number of aromatic amines is 2. The standard InChI is InChI=1S/C25H21N5O2S/c1-12-22(13(2)32-30-12)17-9-19-16(10-20(17)31-4)23-24(29-19)27-14(3)28-25(23)33-21-11-26-18-8-6-5-7-15(18)21/h5-11,26H,1-4H3,(H,27,28,29). The first-order valence-corrected chi connectivity index (χ1v) is 11.4. The number of para-hydroxylation sites is 1. The molecule has 0 saturated carbocycles. The highest BCUT2D eigenvalue weighted by atomic mass is 32.2. The first kappa shape index (κ1) is 19.9. The molecule has 2 aromatic carbocycles. The Morgan fingerprint density at radius 3 is 2.64 bits per heavy atom. The van der Waals surface area contributed by atoms with Crippen molar-refractivity contribution in [3.8, 4) is 16.9 Å². The number of ether oxygens (including phenoxy) is 1. The predicted molar refractivity (Wildman–Crippen MR) is 130 cm³/mol. The lowest BCUT2D eigenvalue weighted by atomic mass is 10.0. The van der Waals surface area contributed by atoms with Crippen LogP contribution in [0.15, 0.2) is 57.0 Å². The molecule has 164 valence electrons. The number of aromatic nitrogens is 5. The van der Waals surface area contributed by atoms with Crippen molar-refractivity contribution in [2.75, 3.05) is 7.11 Å². The lowest BCUT2D eigenvalue weighted by Gasteiger charge is -2.09. The molecule has 6 rings (SSSR count). The Morgan fingerprint density at radius 1 is 1.00 bits per heavy atom.